The first-order valence-electron chi connectivity index (χ1n) is 15.8. The van der Waals surface area contributed by atoms with Crippen molar-refractivity contribution in [3.63, 3.8) is 0 Å². The summed E-state index contributed by atoms with van der Waals surface area (Å²) in [5.74, 6) is -1.04. The summed E-state index contributed by atoms with van der Waals surface area (Å²) in [7, 11) is 1.41. The number of methoxy groups -OCH3 is 1. The van der Waals surface area contributed by atoms with Gasteiger partial charge in [-0.1, -0.05) is 0 Å². The SMILES string of the molecule is COC(=O)N1CCN(C2CCC(Nc3nc(Nc4cnn(C5CCOCC5)c4)nc4snc(COC(=O)/C=C\C(=O)O)c34)CC2)CC1. The number of carbonyl (C=O) groups excluding carboxylic acids is 2. The monoisotopic (exact) mass is 669 g/mol. The zero-order chi connectivity index (χ0) is 32.8. The highest BCUT2D eigenvalue weighted by Crippen LogP contribution is 2.33. The number of aliphatic carboxylic acids is 1. The number of carboxylic acid groups (broad SMARTS) is 1. The van der Waals surface area contributed by atoms with Crippen molar-refractivity contribution in [1.29, 1.82) is 0 Å². The van der Waals surface area contributed by atoms with Gasteiger partial charge < -0.3 is 34.9 Å². The normalized spacial score (nSPS) is 21.2. The second-order valence-corrected chi connectivity index (χ2v) is 12.6. The minimum absolute atomic E-state index is 0.152. The average molecular weight is 670 g/mol. The van der Waals surface area contributed by atoms with Crippen LogP contribution in [0.25, 0.3) is 10.2 Å². The molecule has 0 unspecified atom stereocenters. The van der Waals surface area contributed by atoms with Crippen molar-refractivity contribution >= 4 is 57.2 Å². The average Bonchev–Trinajstić information content (AvgIpc) is 3.74. The van der Waals surface area contributed by atoms with Crippen LogP contribution in [0.5, 0.6) is 0 Å². The van der Waals surface area contributed by atoms with Gasteiger partial charge in [0.05, 0.1) is 30.4 Å². The topological polar surface area (TPSA) is 186 Å². The van der Waals surface area contributed by atoms with Crippen molar-refractivity contribution in [2.24, 2.45) is 0 Å². The molecule has 2 saturated heterocycles. The second-order valence-electron chi connectivity index (χ2n) is 11.8. The predicted molar refractivity (Wildman–Crippen MR) is 172 cm³/mol. The number of nitrogens with one attached hydrogen (secondary N) is 2. The number of carbonyl (C=O) groups is 3. The molecule has 0 bridgehead atoms. The number of anilines is 3. The number of hydrogen-bond acceptors (Lipinski definition) is 14. The van der Waals surface area contributed by atoms with Crippen molar-refractivity contribution in [3.8, 4) is 0 Å². The lowest BCUT2D eigenvalue weighted by Gasteiger charge is -2.41. The van der Waals surface area contributed by atoms with E-state index in [0.717, 1.165) is 82.7 Å². The van der Waals surface area contributed by atoms with Crippen LogP contribution in [0.4, 0.5) is 22.2 Å². The summed E-state index contributed by atoms with van der Waals surface area (Å²) >= 11 is 1.17. The van der Waals surface area contributed by atoms with Crippen molar-refractivity contribution in [1.82, 2.24) is 33.9 Å². The smallest absolute Gasteiger partial charge is 0.409 e. The van der Waals surface area contributed by atoms with Gasteiger partial charge in [-0.25, -0.2) is 14.4 Å². The highest BCUT2D eigenvalue weighted by molar-refractivity contribution is 7.13. The van der Waals surface area contributed by atoms with Crippen LogP contribution in [-0.4, -0.2) is 116 Å². The molecule has 6 rings (SSSR count). The third kappa shape index (κ3) is 8.15. The van der Waals surface area contributed by atoms with Gasteiger partial charge in [0.1, 0.15) is 18.1 Å². The fourth-order valence-electron chi connectivity index (χ4n) is 6.35. The summed E-state index contributed by atoms with van der Waals surface area (Å²) in [6, 6.07) is 0.877. The molecule has 3 fully saturated rings. The van der Waals surface area contributed by atoms with Crippen LogP contribution < -0.4 is 10.6 Å². The lowest BCUT2D eigenvalue weighted by atomic mass is 9.89. The van der Waals surface area contributed by atoms with Crippen LogP contribution in [0.3, 0.4) is 0 Å². The van der Waals surface area contributed by atoms with Crippen LogP contribution >= 0.6 is 11.5 Å². The van der Waals surface area contributed by atoms with Crippen LogP contribution in [0, 0.1) is 0 Å². The number of ether oxygens (including phenoxy) is 3. The molecule has 1 saturated carbocycles. The van der Waals surface area contributed by atoms with E-state index in [9.17, 15) is 14.4 Å². The minimum Gasteiger partial charge on any atom is -0.478 e. The Kier molecular flexibility index (Phi) is 10.4. The summed E-state index contributed by atoms with van der Waals surface area (Å²) in [6.07, 6.45) is 10.7. The zero-order valence-corrected chi connectivity index (χ0v) is 27.0. The van der Waals surface area contributed by atoms with E-state index >= 15 is 0 Å². The number of carboxylic acids is 1. The Labute approximate surface area is 275 Å². The molecule has 3 aliphatic rings. The van der Waals surface area contributed by atoms with E-state index in [4.69, 9.17) is 29.3 Å². The molecular formula is C30H39N9O7S. The predicted octanol–water partition coefficient (Wildman–Crippen LogP) is 3.17. The van der Waals surface area contributed by atoms with Gasteiger partial charge in [0.2, 0.25) is 5.95 Å². The quantitative estimate of drug-likeness (QED) is 0.211. The standard InChI is InChI=1S/C30H39N9O7S/c1-44-30(43)38-12-10-37(11-13-38)21-4-2-19(3-5-21)32-27-26-23(18-46-25(42)7-6-24(40)41)36-47-28(26)35-29(34-27)33-20-16-31-39(17-20)22-8-14-45-15-9-22/h6-7,16-17,19,21-22H,2-5,8-15,18H2,1H3,(H,40,41)(H2,32,33,34,35)/b7-6-. The Morgan fingerprint density at radius 2 is 1.81 bits per heavy atom. The molecule has 0 aromatic carbocycles. The van der Waals surface area contributed by atoms with E-state index in [-0.39, 0.29) is 24.8 Å². The molecule has 5 heterocycles. The van der Waals surface area contributed by atoms with E-state index in [0.29, 0.717) is 46.8 Å². The van der Waals surface area contributed by atoms with Crippen LogP contribution in [-0.2, 0) is 30.4 Å². The number of hydrogen-bond donors (Lipinski definition) is 3. The Morgan fingerprint density at radius 3 is 2.53 bits per heavy atom. The number of rotatable bonds is 10. The molecule has 47 heavy (non-hydrogen) atoms. The fraction of sp³-hybridized carbons (Fsp3) is 0.567. The minimum atomic E-state index is -1.24. The molecule has 1 aliphatic carbocycles. The Bertz CT molecular complexity index is 1590. The molecule has 1 amide bonds. The number of nitrogens with zero attached hydrogens (tertiary/aromatic N) is 7. The van der Waals surface area contributed by atoms with Gasteiger partial charge in [-0.05, 0) is 50.1 Å². The fourth-order valence-corrected chi connectivity index (χ4v) is 7.13. The first kappa shape index (κ1) is 32.6. The molecule has 17 heteroatoms. The number of fused-ring (bicyclic) bond motifs is 1. The number of aromatic nitrogens is 5. The lowest BCUT2D eigenvalue weighted by Crippen LogP contribution is -2.53. The number of esters is 1. The van der Waals surface area contributed by atoms with E-state index < -0.39 is 11.9 Å². The van der Waals surface area contributed by atoms with Crippen molar-refractivity contribution in [2.75, 3.05) is 57.1 Å². The second kappa shape index (κ2) is 15.0. The molecule has 3 aromatic rings. The van der Waals surface area contributed by atoms with E-state index in [1.54, 1.807) is 11.1 Å². The summed E-state index contributed by atoms with van der Waals surface area (Å²) in [5, 5.41) is 20.9. The van der Waals surface area contributed by atoms with Crippen LogP contribution in [0.1, 0.15) is 50.3 Å². The Balaban J connectivity index is 1.16. The van der Waals surface area contributed by atoms with Crippen molar-refractivity contribution in [3.05, 3.63) is 30.2 Å². The van der Waals surface area contributed by atoms with Gasteiger partial charge in [0.15, 0.2) is 4.83 Å². The number of piperazine rings is 1. The molecular weight excluding hydrogens is 630 g/mol. The van der Waals surface area contributed by atoms with Crippen molar-refractivity contribution in [2.45, 2.75) is 63.3 Å². The van der Waals surface area contributed by atoms with Crippen LogP contribution in [0.2, 0.25) is 0 Å². The zero-order valence-electron chi connectivity index (χ0n) is 26.2. The molecule has 252 valence electrons. The van der Waals surface area contributed by atoms with Gasteiger partial charge in [0, 0.05) is 69.8 Å². The van der Waals surface area contributed by atoms with Gasteiger partial charge in [0.25, 0.3) is 0 Å². The maximum Gasteiger partial charge on any atom is 0.409 e. The largest absolute Gasteiger partial charge is 0.478 e. The highest BCUT2D eigenvalue weighted by atomic mass is 32.1. The molecule has 0 atom stereocenters. The molecule has 3 N–H and O–H groups in total. The first-order chi connectivity index (χ1) is 22.9. The first-order valence-corrected chi connectivity index (χ1v) is 16.6. The van der Waals surface area contributed by atoms with Gasteiger partial charge >= 0.3 is 18.0 Å². The molecule has 2 aliphatic heterocycles. The lowest BCUT2D eigenvalue weighted by molar-refractivity contribution is -0.139. The van der Waals surface area contributed by atoms with E-state index in [1.807, 2.05) is 10.9 Å². The van der Waals surface area contributed by atoms with E-state index in [2.05, 4.69) is 25.0 Å². The van der Waals surface area contributed by atoms with Crippen LogP contribution in [0.15, 0.2) is 24.5 Å². The maximum atomic E-state index is 12.1. The van der Waals surface area contributed by atoms with E-state index in [1.165, 1.54) is 18.6 Å². The summed E-state index contributed by atoms with van der Waals surface area (Å²) in [4.78, 5) is 49.2. The van der Waals surface area contributed by atoms with Gasteiger partial charge in [-0.2, -0.15) is 19.4 Å². The van der Waals surface area contributed by atoms with Crippen molar-refractivity contribution < 1.29 is 33.7 Å². The third-order valence-electron chi connectivity index (χ3n) is 8.84. The molecule has 16 nitrogen and oxygen atoms in total. The Morgan fingerprint density at radius 1 is 1.04 bits per heavy atom. The van der Waals surface area contributed by atoms with Gasteiger partial charge in [-0.3, -0.25) is 9.58 Å². The summed E-state index contributed by atoms with van der Waals surface area (Å²) in [6.45, 7) is 4.26. The third-order valence-corrected chi connectivity index (χ3v) is 9.62. The summed E-state index contributed by atoms with van der Waals surface area (Å²) < 4.78 is 22.1. The Hall–Kier alpha value is -4.35. The van der Waals surface area contributed by atoms with Gasteiger partial charge in [-0.15, -0.1) is 0 Å². The highest BCUT2D eigenvalue weighted by Gasteiger charge is 2.30. The molecule has 3 aromatic heterocycles. The maximum absolute atomic E-state index is 12.1. The number of amides is 1. The molecule has 0 radical (unpaired) electrons. The summed E-state index contributed by atoms with van der Waals surface area (Å²) in [5.41, 5.74) is 1.25. The molecule has 0 spiro atoms.